The van der Waals surface area contributed by atoms with Crippen LogP contribution in [-0.2, 0) is 23.8 Å². The fourth-order valence-corrected chi connectivity index (χ4v) is 3.02. The molecule has 1 saturated heterocycles. The van der Waals surface area contributed by atoms with Crippen molar-refractivity contribution in [2.24, 2.45) is 0 Å². The fourth-order valence-electron chi connectivity index (χ4n) is 3.02. The first kappa shape index (κ1) is 19.0. The highest BCUT2D eigenvalue weighted by Gasteiger charge is 2.52. The molecule has 0 unspecified atom stereocenters. The number of ether oxygens (including phenoxy) is 3. The zero-order valence-electron chi connectivity index (χ0n) is 15.1. The Morgan fingerprint density at radius 2 is 1.78 bits per heavy atom. The Morgan fingerprint density at radius 1 is 1.19 bits per heavy atom. The highest BCUT2D eigenvalue weighted by molar-refractivity contribution is 6.23. The van der Waals surface area contributed by atoms with E-state index >= 15 is 0 Å². The van der Waals surface area contributed by atoms with Gasteiger partial charge in [-0.3, -0.25) is 19.3 Å². The number of hydrogen-bond donors (Lipinski definition) is 1. The van der Waals surface area contributed by atoms with E-state index in [-0.39, 0.29) is 23.8 Å². The molecule has 2 aliphatic rings. The van der Waals surface area contributed by atoms with Gasteiger partial charge >= 0.3 is 5.97 Å². The summed E-state index contributed by atoms with van der Waals surface area (Å²) in [4.78, 5) is 51.3. The van der Waals surface area contributed by atoms with E-state index in [9.17, 15) is 19.2 Å². The van der Waals surface area contributed by atoms with Crippen LogP contribution in [0.2, 0.25) is 0 Å². The van der Waals surface area contributed by atoms with Crippen molar-refractivity contribution in [2.45, 2.75) is 45.4 Å². The van der Waals surface area contributed by atoms with Crippen LogP contribution in [0.1, 0.15) is 41.5 Å². The summed E-state index contributed by atoms with van der Waals surface area (Å²) in [6.07, 6.45) is -2.99. The fraction of sp³-hybridized carbons (Fsp3) is 0.444. The van der Waals surface area contributed by atoms with Gasteiger partial charge in [0.1, 0.15) is 0 Å². The predicted octanol–water partition coefficient (Wildman–Crippen LogP) is 0.438. The van der Waals surface area contributed by atoms with E-state index in [1.165, 1.54) is 12.1 Å². The number of carbonyl (C=O) groups is 4. The molecule has 2 heterocycles. The number of imide groups is 1. The van der Waals surface area contributed by atoms with Gasteiger partial charge in [-0.25, -0.2) is 4.79 Å². The first-order chi connectivity index (χ1) is 12.8. The number of amides is 3. The number of hydrogen-bond acceptors (Lipinski definition) is 7. The van der Waals surface area contributed by atoms with E-state index < -0.39 is 42.3 Å². The van der Waals surface area contributed by atoms with E-state index in [2.05, 4.69) is 5.32 Å². The molecule has 0 bridgehead atoms. The molecule has 0 aromatic heterocycles. The molecular formula is C18H20N2O7. The Labute approximate surface area is 155 Å². The molecule has 3 amide bonds. The van der Waals surface area contributed by atoms with Crippen LogP contribution in [0.5, 0.6) is 0 Å². The van der Waals surface area contributed by atoms with E-state index in [1.807, 2.05) is 0 Å². The molecule has 9 heteroatoms. The molecule has 1 N–H and O–H groups in total. The van der Waals surface area contributed by atoms with E-state index in [1.54, 1.807) is 32.9 Å². The number of carbonyl (C=O) groups excluding carboxylic acids is 4. The van der Waals surface area contributed by atoms with Crippen LogP contribution >= 0.6 is 0 Å². The van der Waals surface area contributed by atoms with Crippen molar-refractivity contribution in [3.8, 4) is 0 Å². The quantitative estimate of drug-likeness (QED) is 0.586. The van der Waals surface area contributed by atoms with Gasteiger partial charge in [0.15, 0.2) is 12.1 Å². The maximum absolute atomic E-state index is 12.7. The molecular weight excluding hydrogens is 356 g/mol. The van der Waals surface area contributed by atoms with Crippen LogP contribution < -0.4 is 5.32 Å². The molecule has 1 aromatic rings. The minimum atomic E-state index is -1.50. The first-order valence-electron chi connectivity index (χ1n) is 8.60. The van der Waals surface area contributed by atoms with Gasteiger partial charge < -0.3 is 19.5 Å². The highest BCUT2D eigenvalue weighted by Crippen LogP contribution is 2.28. The van der Waals surface area contributed by atoms with Gasteiger partial charge in [-0.1, -0.05) is 12.1 Å². The summed E-state index contributed by atoms with van der Waals surface area (Å²) < 4.78 is 15.9. The van der Waals surface area contributed by atoms with Crippen molar-refractivity contribution in [1.29, 1.82) is 0 Å². The van der Waals surface area contributed by atoms with E-state index in [0.717, 1.165) is 4.90 Å². The molecule has 2 aliphatic heterocycles. The SMILES string of the molecule is CCOC(=O)[C@H]1O[C@@H](OC(C)C)NC(=O)[C@H]1N1C(=O)c2ccccc2C1=O. The number of rotatable bonds is 5. The number of nitrogens with zero attached hydrogens (tertiary/aromatic N) is 1. The molecule has 0 aliphatic carbocycles. The van der Waals surface area contributed by atoms with Crippen LogP contribution in [0.4, 0.5) is 0 Å². The van der Waals surface area contributed by atoms with E-state index in [0.29, 0.717) is 0 Å². The van der Waals surface area contributed by atoms with Crippen LogP contribution in [0.3, 0.4) is 0 Å². The Morgan fingerprint density at radius 3 is 2.30 bits per heavy atom. The summed E-state index contributed by atoms with van der Waals surface area (Å²) in [6.45, 7) is 5.10. The molecule has 3 rings (SSSR count). The summed E-state index contributed by atoms with van der Waals surface area (Å²) in [5, 5.41) is 2.43. The van der Waals surface area contributed by atoms with E-state index in [4.69, 9.17) is 14.2 Å². The first-order valence-corrected chi connectivity index (χ1v) is 8.60. The average Bonchev–Trinajstić information content (AvgIpc) is 2.86. The Bertz CT molecular complexity index is 757. The summed E-state index contributed by atoms with van der Waals surface area (Å²) in [5.74, 6) is -2.93. The monoisotopic (exact) mass is 376 g/mol. The second-order valence-electron chi connectivity index (χ2n) is 6.30. The minimum Gasteiger partial charge on any atom is -0.464 e. The van der Waals surface area contributed by atoms with Crippen LogP contribution in [0, 0.1) is 0 Å². The number of fused-ring (bicyclic) bond motifs is 1. The summed E-state index contributed by atoms with van der Waals surface area (Å²) in [5.41, 5.74) is 0.330. The van der Waals surface area contributed by atoms with Crippen molar-refractivity contribution in [2.75, 3.05) is 6.61 Å². The Kier molecular flexibility index (Phi) is 5.24. The zero-order chi connectivity index (χ0) is 19.7. The minimum absolute atomic E-state index is 0.0465. The molecule has 1 fully saturated rings. The molecule has 3 atom stereocenters. The summed E-state index contributed by atoms with van der Waals surface area (Å²) in [7, 11) is 0. The maximum Gasteiger partial charge on any atom is 0.338 e. The lowest BCUT2D eigenvalue weighted by Crippen LogP contribution is -2.66. The molecule has 9 nitrogen and oxygen atoms in total. The predicted molar refractivity (Wildman–Crippen MR) is 90.4 cm³/mol. The standard InChI is InChI=1S/C18H20N2O7/c1-4-25-17(24)13-12(14(21)19-18(27-13)26-9(2)3)20-15(22)10-7-5-6-8-11(10)16(20)23/h5-9,12-13,18H,4H2,1-3H3,(H,19,21)/t12-,13-,18+/m0/s1. The second kappa shape index (κ2) is 7.45. The molecule has 1 aromatic carbocycles. The third-order valence-electron chi connectivity index (χ3n) is 4.10. The molecule has 0 saturated carbocycles. The maximum atomic E-state index is 12.7. The van der Waals surface area contributed by atoms with Crippen molar-refractivity contribution < 1.29 is 33.4 Å². The van der Waals surface area contributed by atoms with Crippen molar-refractivity contribution in [3.05, 3.63) is 35.4 Å². The normalized spacial score (nSPS) is 24.8. The topological polar surface area (TPSA) is 111 Å². The van der Waals surface area contributed by atoms with Gasteiger partial charge in [-0.05, 0) is 32.9 Å². The molecule has 0 spiro atoms. The highest BCUT2D eigenvalue weighted by atomic mass is 16.7. The van der Waals surface area contributed by atoms with Crippen LogP contribution in [0.15, 0.2) is 24.3 Å². The lowest BCUT2D eigenvalue weighted by Gasteiger charge is -2.38. The smallest absolute Gasteiger partial charge is 0.338 e. The van der Waals surface area contributed by atoms with Gasteiger partial charge in [0.25, 0.3) is 17.7 Å². The van der Waals surface area contributed by atoms with Crippen molar-refractivity contribution >= 4 is 23.7 Å². The van der Waals surface area contributed by atoms with Gasteiger partial charge in [0, 0.05) is 0 Å². The Balaban J connectivity index is 1.94. The molecule has 144 valence electrons. The summed E-state index contributed by atoms with van der Waals surface area (Å²) in [6, 6.07) is 4.70. The van der Waals surface area contributed by atoms with Crippen LogP contribution in [-0.4, -0.2) is 59.9 Å². The van der Waals surface area contributed by atoms with Gasteiger partial charge in [-0.2, -0.15) is 0 Å². The van der Waals surface area contributed by atoms with Gasteiger partial charge in [0.05, 0.1) is 23.8 Å². The molecule has 0 radical (unpaired) electrons. The summed E-state index contributed by atoms with van der Waals surface area (Å²) >= 11 is 0. The number of nitrogens with one attached hydrogen (secondary N) is 1. The third kappa shape index (κ3) is 3.43. The molecule has 27 heavy (non-hydrogen) atoms. The van der Waals surface area contributed by atoms with Gasteiger partial charge in [-0.15, -0.1) is 0 Å². The number of benzene rings is 1. The zero-order valence-corrected chi connectivity index (χ0v) is 15.1. The third-order valence-corrected chi connectivity index (χ3v) is 4.10. The van der Waals surface area contributed by atoms with Crippen molar-refractivity contribution in [3.63, 3.8) is 0 Å². The number of esters is 1. The second-order valence-corrected chi connectivity index (χ2v) is 6.30. The van der Waals surface area contributed by atoms with Gasteiger partial charge in [0.2, 0.25) is 6.41 Å². The Hall–Kier alpha value is -2.78. The van der Waals surface area contributed by atoms with Crippen molar-refractivity contribution in [1.82, 2.24) is 10.2 Å². The lowest BCUT2D eigenvalue weighted by molar-refractivity contribution is -0.235. The largest absolute Gasteiger partial charge is 0.464 e. The lowest BCUT2D eigenvalue weighted by atomic mass is 10.1. The average molecular weight is 376 g/mol. The van der Waals surface area contributed by atoms with Crippen LogP contribution in [0.25, 0.3) is 0 Å².